The number of carbonyl (C=O) groups excluding carboxylic acids is 1. The molecule has 0 spiro atoms. The molecule has 2 rings (SSSR count). The van der Waals surface area contributed by atoms with Gasteiger partial charge in [0.2, 0.25) is 5.75 Å². The lowest BCUT2D eigenvalue weighted by molar-refractivity contribution is 0.104. The molecule has 0 saturated heterocycles. The van der Waals surface area contributed by atoms with Crippen LogP contribution in [0.15, 0.2) is 30.3 Å². The van der Waals surface area contributed by atoms with Gasteiger partial charge in [-0.05, 0) is 35.9 Å². The fourth-order valence-corrected chi connectivity index (χ4v) is 2.42. The van der Waals surface area contributed by atoms with E-state index in [-0.39, 0.29) is 16.6 Å². The van der Waals surface area contributed by atoms with E-state index in [1.54, 1.807) is 0 Å². The van der Waals surface area contributed by atoms with Gasteiger partial charge in [-0.3, -0.25) is 4.79 Å². The van der Waals surface area contributed by atoms with E-state index < -0.39 is 5.75 Å². The van der Waals surface area contributed by atoms with Crippen molar-refractivity contribution in [2.75, 3.05) is 21.3 Å². The average molecular weight is 365 g/mol. The molecule has 0 aliphatic heterocycles. The van der Waals surface area contributed by atoms with Crippen molar-refractivity contribution in [3.8, 4) is 28.7 Å². The highest BCUT2D eigenvalue weighted by atomic mass is 35.5. The summed E-state index contributed by atoms with van der Waals surface area (Å²) < 4.78 is 15.6. The van der Waals surface area contributed by atoms with Crippen molar-refractivity contribution in [1.29, 1.82) is 0 Å². The maximum Gasteiger partial charge on any atom is 0.203 e. The summed E-state index contributed by atoms with van der Waals surface area (Å²) in [7, 11) is 4.40. The summed E-state index contributed by atoms with van der Waals surface area (Å²) in [4.78, 5) is 12.4. The summed E-state index contributed by atoms with van der Waals surface area (Å²) in [6.07, 6.45) is 2.78. The van der Waals surface area contributed by atoms with Crippen molar-refractivity contribution in [3.63, 3.8) is 0 Å². The Labute approximate surface area is 149 Å². The number of rotatable bonds is 6. The number of aromatic hydroxyl groups is 2. The predicted molar refractivity (Wildman–Crippen MR) is 94.2 cm³/mol. The van der Waals surface area contributed by atoms with E-state index in [0.717, 1.165) is 0 Å². The number of hydrogen-bond acceptors (Lipinski definition) is 6. The monoisotopic (exact) mass is 364 g/mol. The van der Waals surface area contributed by atoms with E-state index in [9.17, 15) is 15.0 Å². The van der Waals surface area contributed by atoms with E-state index in [4.69, 9.17) is 25.8 Å². The minimum absolute atomic E-state index is 0.0140. The third-order valence-electron chi connectivity index (χ3n) is 3.44. The number of carbonyl (C=O) groups is 1. The Bertz CT molecular complexity index is 780. The van der Waals surface area contributed by atoms with E-state index in [1.807, 2.05) is 0 Å². The van der Waals surface area contributed by atoms with Gasteiger partial charge in [0.05, 0.1) is 26.4 Å². The lowest BCUT2D eigenvalue weighted by Gasteiger charge is -2.13. The largest absolute Gasteiger partial charge is 0.504 e. The van der Waals surface area contributed by atoms with Crippen molar-refractivity contribution in [2.24, 2.45) is 0 Å². The number of hydrogen-bond donors (Lipinski definition) is 2. The Hall–Kier alpha value is -2.86. The number of allylic oxidation sites excluding steroid dienone is 1. The van der Waals surface area contributed by atoms with Crippen LogP contribution in [0.5, 0.6) is 28.7 Å². The number of ether oxygens (including phenoxy) is 3. The lowest BCUT2D eigenvalue weighted by atomic mass is 10.1. The minimum Gasteiger partial charge on any atom is -0.504 e. The van der Waals surface area contributed by atoms with Crippen LogP contribution in [0.4, 0.5) is 0 Å². The number of methoxy groups -OCH3 is 3. The Morgan fingerprint density at radius 2 is 1.60 bits per heavy atom. The highest BCUT2D eigenvalue weighted by Gasteiger charge is 2.15. The standard InChI is InChI=1S/C18H17ClO6/c1-23-15-8-11(9-16(24-2)18(15)25-3)13(20)5-4-10-6-12(19)17(22)14(21)7-10/h4-9,21-22H,1-3H3/b5-4+. The SMILES string of the molecule is COc1cc(C(=O)/C=C/c2cc(O)c(O)c(Cl)c2)cc(OC)c1OC. The molecular formula is C18H17ClO6. The van der Waals surface area contributed by atoms with Crippen LogP contribution in [-0.4, -0.2) is 37.3 Å². The van der Waals surface area contributed by atoms with Crippen molar-refractivity contribution in [1.82, 2.24) is 0 Å². The summed E-state index contributed by atoms with van der Waals surface area (Å²) in [5, 5.41) is 19.0. The predicted octanol–water partition coefficient (Wildman–Crippen LogP) is 3.67. The van der Waals surface area contributed by atoms with Gasteiger partial charge in [0, 0.05) is 5.56 Å². The van der Waals surface area contributed by atoms with Crippen LogP contribution in [0.2, 0.25) is 5.02 Å². The van der Waals surface area contributed by atoms with Gasteiger partial charge in [0.1, 0.15) is 0 Å². The summed E-state index contributed by atoms with van der Waals surface area (Å²) in [5.74, 6) is 0.0266. The first kappa shape index (κ1) is 18.5. The van der Waals surface area contributed by atoms with Crippen LogP contribution in [-0.2, 0) is 0 Å². The normalized spacial score (nSPS) is 10.7. The number of halogens is 1. The van der Waals surface area contributed by atoms with Crippen LogP contribution in [0.25, 0.3) is 6.08 Å². The fraction of sp³-hybridized carbons (Fsp3) is 0.167. The molecule has 0 bridgehead atoms. The number of benzene rings is 2. The summed E-state index contributed by atoms with van der Waals surface area (Å²) >= 11 is 5.79. The quantitative estimate of drug-likeness (QED) is 0.462. The molecule has 2 N–H and O–H groups in total. The molecule has 2 aromatic rings. The smallest absolute Gasteiger partial charge is 0.203 e. The van der Waals surface area contributed by atoms with Crippen molar-refractivity contribution >= 4 is 23.5 Å². The molecule has 0 amide bonds. The molecule has 0 aliphatic rings. The number of ketones is 1. The van der Waals surface area contributed by atoms with E-state index in [0.29, 0.717) is 28.4 Å². The lowest BCUT2D eigenvalue weighted by Crippen LogP contribution is -2.00. The third kappa shape index (κ3) is 3.97. The zero-order chi connectivity index (χ0) is 18.6. The molecule has 0 heterocycles. The fourth-order valence-electron chi connectivity index (χ4n) is 2.19. The Kier molecular flexibility index (Phi) is 5.77. The molecular weight excluding hydrogens is 348 g/mol. The molecule has 2 aromatic carbocycles. The highest BCUT2D eigenvalue weighted by Crippen LogP contribution is 2.38. The molecule has 0 unspecified atom stereocenters. The molecule has 132 valence electrons. The van der Waals surface area contributed by atoms with E-state index >= 15 is 0 Å². The first-order valence-corrected chi connectivity index (χ1v) is 7.53. The topological polar surface area (TPSA) is 85.2 Å². The minimum atomic E-state index is -0.408. The van der Waals surface area contributed by atoms with Crippen LogP contribution in [0.3, 0.4) is 0 Å². The van der Waals surface area contributed by atoms with Crippen LogP contribution < -0.4 is 14.2 Å². The molecule has 0 fully saturated rings. The maximum absolute atomic E-state index is 12.4. The summed E-state index contributed by atoms with van der Waals surface area (Å²) in [5.41, 5.74) is 0.793. The molecule has 25 heavy (non-hydrogen) atoms. The summed E-state index contributed by atoms with van der Waals surface area (Å²) in [6, 6.07) is 5.79. The molecule has 0 aliphatic carbocycles. The second kappa shape index (κ2) is 7.81. The molecule has 6 nitrogen and oxygen atoms in total. The number of phenolic OH excluding ortho intramolecular Hbond substituents is 2. The van der Waals surface area contributed by atoms with Gasteiger partial charge in [0.15, 0.2) is 28.8 Å². The van der Waals surface area contributed by atoms with Crippen molar-refractivity contribution < 1.29 is 29.2 Å². The van der Waals surface area contributed by atoms with Gasteiger partial charge in [0.25, 0.3) is 0 Å². The van der Waals surface area contributed by atoms with Gasteiger partial charge in [-0.1, -0.05) is 17.7 Å². The van der Waals surface area contributed by atoms with Crippen molar-refractivity contribution in [2.45, 2.75) is 0 Å². The van der Waals surface area contributed by atoms with Crippen molar-refractivity contribution in [3.05, 3.63) is 46.5 Å². The van der Waals surface area contributed by atoms with Gasteiger partial charge < -0.3 is 24.4 Å². The van der Waals surface area contributed by atoms with Gasteiger partial charge >= 0.3 is 0 Å². The molecule has 7 heteroatoms. The molecule has 0 radical (unpaired) electrons. The van der Waals surface area contributed by atoms with Crippen LogP contribution >= 0.6 is 11.6 Å². The van der Waals surface area contributed by atoms with Gasteiger partial charge in [-0.2, -0.15) is 0 Å². The molecule has 0 atom stereocenters. The second-order valence-corrected chi connectivity index (χ2v) is 5.39. The Morgan fingerprint density at radius 3 is 2.08 bits per heavy atom. The van der Waals surface area contributed by atoms with E-state index in [1.165, 1.54) is 57.7 Å². The number of phenols is 2. The first-order chi connectivity index (χ1) is 11.9. The molecule has 0 saturated carbocycles. The third-order valence-corrected chi connectivity index (χ3v) is 3.73. The summed E-state index contributed by atoms with van der Waals surface area (Å²) in [6.45, 7) is 0. The Morgan fingerprint density at radius 1 is 1.00 bits per heavy atom. The Balaban J connectivity index is 2.35. The zero-order valence-corrected chi connectivity index (χ0v) is 14.6. The van der Waals surface area contributed by atoms with Crippen LogP contribution in [0.1, 0.15) is 15.9 Å². The highest BCUT2D eigenvalue weighted by molar-refractivity contribution is 6.32. The maximum atomic E-state index is 12.4. The van der Waals surface area contributed by atoms with Crippen LogP contribution in [0, 0.1) is 0 Å². The zero-order valence-electron chi connectivity index (χ0n) is 13.9. The van der Waals surface area contributed by atoms with Gasteiger partial charge in [-0.25, -0.2) is 0 Å². The molecule has 0 aromatic heterocycles. The van der Waals surface area contributed by atoms with Gasteiger partial charge in [-0.15, -0.1) is 0 Å². The first-order valence-electron chi connectivity index (χ1n) is 7.15. The average Bonchev–Trinajstić information content (AvgIpc) is 2.62. The van der Waals surface area contributed by atoms with E-state index in [2.05, 4.69) is 0 Å². The second-order valence-electron chi connectivity index (χ2n) is 4.98.